The number of ether oxygens (including phenoxy) is 1. The number of aromatic hydroxyl groups is 1. The molecule has 3 aliphatic carbocycles. The first-order chi connectivity index (χ1) is 15.9. The van der Waals surface area contributed by atoms with E-state index in [1.165, 1.54) is 18.1 Å². The number of ketones is 3. The Kier molecular flexibility index (Phi) is 5.62. The number of aliphatic hydroxyl groups is 2. The number of Topliss-reactive ketones (excluding diaryl/α,β-unsaturated/α-hetero) is 3. The molecule has 3 aliphatic rings. The predicted octanol–water partition coefficient (Wildman–Crippen LogP) is -1.55. The molecule has 7 atom stereocenters. The highest BCUT2D eigenvalue weighted by molar-refractivity contribution is 6.25. The number of hydrogen-bond donors (Lipinski definition) is 4. The molecule has 0 spiro atoms. The minimum absolute atomic E-state index is 0.0204. The van der Waals surface area contributed by atoms with Crippen molar-refractivity contribution in [3.05, 3.63) is 28.8 Å². The molecule has 0 aliphatic heterocycles. The maximum atomic E-state index is 13.7. The zero-order valence-corrected chi connectivity index (χ0v) is 18.8. The maximum absolute atomic E-state index is 13.7. The number of methoxy groups -OCH3 is 1. The second-order valence-corrected chi connectivity index (χ2v) is 9.45. The minimum Gasteiger partial charge on any atom is -0.507 e. The van der Waals surface area contributed by atoms with E-state index >= 15 is 0 Å². The highest BCUT2D eigenvalue weighted by Crippen LogP contribution is 2.51. The van der Waals surface area contributed by atoms with Crippen molar-refractivity contribution in [1.29, 1.82) is 0 Å². The van der Waals surface area contributed by atoms with E-state index in [1.54, 1.807) is 14.1 Å². The van der Waals surface area contributed by atoms with Gasteiger partial charge in [-0.15, -0.1) is 0 Å². The Balaban J connectivity index is 1.88. The summed E-state index contributed by atoms with van der Waals surface area (Å²) in [6, 6.07) is 1.47. The Hall–Kier alpha value is -3.15. The van der Waals surface area contributed by atoms with Crippen LogP contribution in [-0.4, -0.2) is 88.4 Å². The van der Waals surface area contributed by atoms with Gasteiger partial charge in [0, 0.05) is 12.0 Å². The fourth-order valence-corrected chi connectivity index (χ4v) is 6.12. The number of likely N-dealkylation sites (N-methyl/N-ethyl adjacent to an activating group) is 1. The zero-order chi connectivity index (χ0) is 25.3. The molecule has 0 saturated heterocycles. The van der Waals surface area contributed by atoms with Crippen molar-refractivity contribution < 1.29 is 44.0 Å². The van der Waals surface area contributed by atoms with Gasteiger partial charge in [0.25, 0.3) is 0 Å². The van der Waals surface area contributed by atoms with Crippen LogP contribution in [0, 0.1) is 23.7 Å². The van der Waals surface area contributed by atoms with E-state index in [1.807, 2.05) is 0 Å². The molecule has 1 amide bonds. The standard InChI is InChI=1S/C23H26N2O9/c1-25(2)16-11-7-8-6-10-9(22(32)34-3)4-5-12(26)14(10)17(27)13(8)19(29)23(11,33)20(30)15(18(16)28)21(24)31/h4-5,8,11,13,15-16,18,26,28,33H,6-7H2,1-3H3,(H2,24,31)/t8-,11-,13?,15?,16-,18?,23-/m1/s1. The normalized spacial score (nSPS) is 34.8. The van der Waals surface area contributed by atoms with E-state index in [-0.39, 0.29) is 29.5 Å². The van der Waals surface area contributed by atoms with Crippen LogP contribution in [0.4, 0.5) is 0 Å². The second kappa shape index (κ2) is 7.97. The van der Waals surface area contributed by atoms with Crippen LogP contribution in [0.15, 0.2) is 12.1 Å². The van der Waals surface area contributed by atoms with Crippen molar-refractivity contribution in [3.63, 3.8) is 0 Å². The van der Waals surface area contributed by atoms with Crippen LogP contribution in [0.1, 0.15) is 32.7 Å². The van der Waals surface area contributed by atoms with E-state index in [0.717, 1.165) is 6.07 Å². The number of carbonyl (C=O) groups excluding carboxylic acids is 5. The Bertz CT molecular complexity index is 1130. The number of esters is 1. The molecule has 0 heterocycles. The Morgan fingerprint density at radius 3 is 2.38 bits per heavy atom. The number of amides is 1. The van der Waals surface area contributed by atoms with Gasteiger partial charge in [0.05, 0.1) is 30.3 Å². The number of phenolic OH excluding ortho intramolecular Hbond substituents is 1. The Morgan fingerprint density at radius 1 is 1.18 bits per heavy atom. The van der Waals surface area contributed by atoms with Gasteiger partial charge >= 0.3 is 5.97 Å². The Labute approximate surface area is 194 Å². The number of benzene rings is 1. The number of nitrogens with two attached hydrogens (primary N) is 1. The molecule has 4 rings (SSSR count). The smallest absolute Gasteiger partial charge is 0.338 e. The summed E-state index contributed by atoms with van der Waals surface area (Å²) < 4.78 is 4.78. The fraction of sp³-hybridized carbons (Fsp3) is 0.522. The molecule has 34 heavy (non-hydrogen) atoms. The quantitative estimate of drug-likeness (QED) is 0.295. The van der Waals surface area contributed by atoms with Gasteiger partial charge in [0.2, 0.25) is 5.91 Å². The van der Waals surface area contributed by atoms with Gasteiger partial charge in [-0.05, 0) is 50.6 Å². The molecule has 2 fully saturated rings. The van der Waals surface area contributed by atoms with Gasteiger partial charge in [0.1, 0.15) is 11.7 Å². The lowest BCUT2D eigenvalue weighted by Crippen LogP contribution is -2.75. The Morgan fingerprint density at radius 2 is 1.82 bits per heavy atom. The molecule has 11 nitrogen and oxygen atoms in total. The minimum atomic E-state index is -2.72. The lowest BCUT2D eigenvalue weighted by Gasteiger charge is -2.54. The molecule has 0 bridgehead atoms. The summed E-state index contributed by atoms with van der Waals surface area (Å²) >= 11 is 0. The van der Waals surface area contributed by atoms with E-state index < -0.39 is 76.4 Å². The second-order valence-electron chi connectivity index (χ2n) is 9.45. The number of rotatable bonds is 3. The summed E-state index contributed by atoms with van der Waals surface area (Å²) in [7, 11) is 4.30. The number of hydrogen-bond acceptors (Lipinski definition) is 10. The van der Waals surface area contributed by atoms with E-state index in [0.29, 0.717) is 0 Å². The lowest BCUT2D eigenvalue weighted by atomic mass is 9.52. The van der Waals surface area contributed by atoms with E-state index in [4.69, 9.17) is 10.5 Å². The number of primary amides is 1. The van der Waals surface area contributed by atoms with Crippen molar-refractivity contribution in [2.45, 2.75) is 30.6 Å². The van der Waals surface area contributed by atoms with Crippen LogP contribution < -0.4 is 5.73 Å². The van der Waals surface area contributed by atoms with Crippen LogP contribution >= 0.6 is 0 Å². The van der Waals surface area contributed by atoms with Crippen molar-refractivity contribution in [2.75, 3.05) is 21.2 Å². The van der Waals surface area contributed by atoms with Crippen LogP contribution in [0.2, 0.25) is 0 Å². The maximum Gasteiger partial charge on any atom is 0.338 e. The molecule has 11 heteroatoms. The summed E-state index contributed by atoms with van der Waals surface area (Å²) in [5.74, 6) is -10.7. The summed E-state index contributed by atoms with van der Waals surface area (Å²) in [5, 5.41) is 32.7. The third kappa shape index (κ3) is 3.04. The van der Waals surface area contributed by atoms with Crippen molar-refractivity contribution in [2.24, 2.45) is 29.4 Å². The van der Waals surface area contributed by atoms with Gasteiger partial charge in [-0.3, -0.25) is 19.2 Å². The number of phenols is 1. The molecule has 1 aromatic rings. The van der Waals surface area contributed by atoms with Gasteiger partial charge in [-0.1, -0.05) is 0 Å². The average Bonchev–Trinajstić information content (AvgIpc) is 2.75. The highest BCUT2D eigenvalue weighted by atomic mass is 16.5. The topological polar surface area (TPSA) is 185 Å². The molecule has 0 aromatic heterocycles. The first-order valence-electron chi connectivity index (χ1n) is 10.8. The van der Waals surface area contributed by atoms with Gasteiger partial charge in [-0.2, -0.15) is 0 Å². The first kappa shape index (κ1) is 24.0. The molecule has 3 unspecified atom stereocenters. The number of aliphatic hydroxyl groups excluding tert-OH is 1. The summed E-state index contributed by atoms with van der Waals surface area (Å²) in [6.07, 6.45) is -1.59. The largest absolute Gasteiger partial charge is 0.507 e. The lowest BCUT2D eigenvalue weighted by molar-refractivity contribution is -0.190. The molecular weight excluding hydrogens is 448 g/mol. The SMILES string of the molecule is COC(=O)c1ccc(O)c2c1C[C@@H]1C[C@@H]3[C@@H](N(C)C)C(O)C(C(N)=O)C(=O)[C@]3(O)C(=O)C1C2=O. The molecule has 2 saturated carbocycles. The third-order valence-corrected chi connectivity index (χ3v) is 7.58. The van der Waals surface area contributed by atoms with Gasteiger partial charge in [-0.25, -0.2) is 4.79 Å². The van der Waals surface area contributed by atoms with Crippen molar-refractivity contribution >= 4 is 29.2 Å². The predicted molar refractivity (Wildman–Crippen MR) is 114 cm³/mol. The van der Waals surface area contributed by atoms with E-state index in [2.05, 4.69) is 0 Å². The van der Waals surface area contributed by atoms with Crippen molar-refractivity contribution in [1.82, 2.24) is 4.90 Å². The zero-order valence-electron chi connectivity index (χ0n) is 18.8. The third-order valence-electron chi connectivity index (χ3n) is 7.58. The number of fused-ring (bicyclic) bond motifs is 3. The molecule has 5 N–H and O–H groups in total. The van der Waals surface area contributed by atoms with Gasteiger partial charge in [0.15, 0.2) is 23.0 Å². The van der Waals surface area contributed by atoms with Gasteiger partial charge < -0.3 is 30.7 Å². The van der Waals surface area contributed by atoms with Crippen LogP contribution in [-0.2, 0) is 25.5 Å². The fourth-order valence-electron chi connectivity index (χ4n) is 6.12. The van der Waals surface area contributed by atoms with Crippen molar-refractivity contribution in [3.8, 4) is 5.75 Å². The highest BCUT2D eigenvalue weighted by Gasteiger charge is 2.69. The summed E-state index contributed by atoms with van der Waals surface area (Å²) in [4.78, 5) is 66.1. The summed E-state index contributed by atoms with van der Waals surface area (Å²) in [5.41, 5.74) is 2.65. The molecule has 1 aromatic carbocycles. The van der Waals surface area contributed by atoms with E-state index in [9.17, 15) is 39.3 Å². The number of carbonyl (C=O) groups is 5. The average molecular weight is 474 g/mol. The van der Waals surface area contributed by atoms with Crippen LogP contribution in [0.3, 0.4) is 0 Å². The number of nitrogens with zero attached hydrogens (tertiary/aromatic N) is 1. The summed E-state index contributed by atoms with van der Waals surface area (Å²) in [6.45, 7) is 0. The molecule has 0 radical (unpaired) electrons. The van der Waals surface area contributed by atoms with Crippen LogP contribution in [0.5, 0.6) is 5.75 Å². The molecular formula is C23H26N2O9. The van der Waals surface area contributed by atoms with Crippen LogP contribution in [0.25, 0.3) is 0 Å². The first-order valence-corrected chi connectivity index (χ1v) is 10.8. The monoisotopic (exact) mass is 474 g/mol. The molecule has 182 valence electrons.